The first-order chi connectivity index (χ1) is 10.7. The fourth-order valence-electron chi connectivity index (χ4n) is 2.64. The quantitative estimate of drug-likeness (QED) is 0.386. The molecule has 2 aromatic carbocycles. The molecule has 0 N–H and O–H groups in total. The van der Waals surface area contributed by atoms with Crippen molar-refractivity contribution in [3.8, 4) is 11.1 Å². The molecule has 2 heterocycles. The van der Waals surface area contributed by atoms with E-state index in [2.05, 4.69) is 4.98 Å². The molecule has 0 fully saturated rings. The molecule has 0 saturated carbocycles. The lowest BCUT2D eigenvalue weighted by Gasteiger charge is -2.03. The number of fused-ring (bicyclic) bond motifs is 3. The summed E-state index contributed by atoms with van der Waals surface area (Å²) in [6, 6.07) is 16.7. The molecular formula is C17H10N2O2S. The fraction of sp³-hybridized carbons (Fsp3) is 0. The second kappa shape index (κ2) is 4.89. The minimum atomic E-state index is -0.344. The minimum absolute atomic E-state index is 0.120. The molecule has 0 aliphatic carbocycles. The van der Waals surface area contributed by atoms with E-state index < -0.39 is 0 Å². The Morgan fingerprint density at radius 2 is 1.86 bits per heavy atom. The zero-order chi connectivity index (χ0) is 15.1. The number of thiophene rings is 1. The third-order valence-electron chi connectivity index (χ3n) is 3.64. The zero-order valence-corrected chi connectivity index (χ0v) is 12.2. The van der Waals surface area contributed by atoms with E-state index in [9.17, 15) is 10.1 Å². The molecule has 0 radical (unpaired) electrons. The van der Waals surface area contributed by atoms with Crippen molar-refractivity contribution < 1.29 is 4.92 Å². The maximum absolute atomic E-state index is 11.2. The molecule has 0 bridgehead atoms. The number of benzene rings is 2. The monoisotopic (exact) mass is 306 g/mol. The van der Waals surface area contributed by atoms with Gasteiger partial charge < -0.3 is 0 Å². The Hall–Kier alpha value is -2.79. The summed E-state index contributed by atoms with van der Waals surface area (Å²) in [6.07, 6.45) is 1.77. The highest BCUT2D eigenvalue weighted by molar-refractivity contribution is 7.25. The predicted octanol–water partition coefficient (Wildman–Crippen LogP) is 5.02. The van der Waals surface area contributed by atoms with Crippen LogP contribution in [0.5, 0.6) is 0 Å². The molecule has 22 heavy (non-hydrogen) atoms. The van der Waals surface area contributed by atoms with E-state index in [0.717, 1.165) is 25.9 Å². The number of hydrogen-bond acceptors (Lipinski definition) is 4. The van der Waals surface area contributed by atoms with Crippen LogP contribution in [0, 0.1) is 10.1 Å². The van der Waals surface area contributed by atoms with Crippen molar-refractivity contribution in [2.45, 2.75) is 0 Å². The van der Waals surface area contributed by atoms with Crippen LogP contribution in [-0.4, -0.2) is 9.91 Å². The van der Waals surface area contributed by atoms with Crippen molar-refractivity contribution in [2.75, 3.05) is 0 Å². The summed E-state index contributed by atoms with van der Waals surface area (Å²) in [4.78, 5) is 15.3. The second-order valence-electron chi connectivity index (χ2n) is 4.94. The zero-order valence-electron chi connectivity index (χ0n) is 11.4. The van der Waals surface area contributed by atoms with Gasteiger partial charge in [0.05, 0.1) is 20.7 Å². The van der Waals surface area contributed by atoms with Crippen molar-refractivity contribution in [1.82, 2.24) is 4.98 Å². The van der Waals surface area contributed by atoms with Gasteiger partial charge in [0.2, 0.25) is 0 Å². The summed E-state index contributed by atoms with van der Waals surface area (Å²) >= 11 is 1.68. The highest BCUT2D eigenvalue weighted by Gasteiger charge is 2.15. The van der Waals surface area contributed by atoms with Crippen LogP contribution < -0.4 is 0 Å². The molecule has 0 aliphatic heterocycles. The molecule has 0 spiro atoms. The van der Waals surface area contributed by atoms with Gasteiger partial charge in [0, 0.05) is 22.3 Å². The van der Waals surface area contributed by atoms with Crippen LogP contribution in [0.2, 0.25) is 0 Å². The lowest BCUT2D eigenvalue weighted by atomic mass is 10.0. The number of rotatable bonds is 2. The summed E-state index contributed by atoms with van der Waals surface area (Å²) in [6.45, 7) is 0. The number of para-hydroxylation sites is 1. The molecule has 4 nitrogen and oxygen atoms in total. The standard InChI is InChI=1S/C17H10N2O2S/c20-19(21)14-5-2-1-4-12(14)11-7-8-15-13(10-11)17-16(22-15)6-3-9-18-17/h1-10H. The van der Waals surface area contributed by atoms with Crippen LogP contribution in [0.1, 0.15) is 0 Å². The van der Waals surface area contributed by atoms with E-state index in [1.54, 1.807) is 29.7 Å². The smallest absolute Gasteiger partial charge is 0.258 e. The summed E-state index contributed by atoms with van der Waals surface area (Å²) < 4.78 is 2.26. The summed E-state index contributed by atoms with van der Waals surface area (Å²) in [5, 5.41) is 12.3. The van der Waals surface area contributed by atoms with Crippen LogP contribution >= 0.6 is 11.3 Å². The number of nitro groups is 1. The average molecular weight is 306 g/mol. The third-order valence-corrected chi connectivity index (χ3v) is 4.76. The van der Waals surface area contributed by atoms with E-state index in [1.807, 2.05) is 36.4 Å². The molecule has 4 aromatic rings. The van der Waals surface area contributed by atoms with Gasteiger partial charge in [-0.25, -0.2) is 0 Å². The Morgan fingerprint density at radius 3 is 2.73 bits per heavy atom. The molecule has 2 aromatic heterocycles. The maximum Gasteiger partial charge on any atom is 0.277 e. The van der Waals surface area contributed by atoms with Crippen LogP contribution in [0.3, 0.4) is 0 Å². The van der Waals surface area contributed by atoms with Crippen molar-refractivity contribution in [1.29, 1.82) is 0 Å². The Morgan fingerprint density at radius 1 is 1.00 bits per heavy atom. The normalized spacial score (nSPS) is 11.1. The van der Waals surface area contributed by atoms with Crippen LogP contribution in [-0.2, 0) is 0 Å². The lowest BCUT2D eigenvalue weighted by Crippen LogP contribution is -1.91. The van der Waals surface area contributed by atoms with Crippen LogP contribution in [0.15, 0.2) is 60.8 Å². The van der Waals surface area contributed by atoms with E-state index >= 15 is 0 Å². The number of pyridine rings is 1. The Kier molecular flexibility index (Phi) is 2.87. The van der Waals surface area contributed by atoms with Gasteiger partial charge in [-0.2, -0.15) is 0 Å². The first kappa shape index (κ1) is 12.9. The van der Waals surface area contributed by atoms with E-state index in [4.69, 9.17) is 0 Å². The van der Waals surface area contributed by atoms with E-state index in [0.29, 0.717) is 5.56 Å². The van der Waals surface area contributed by atoms with Gasteiger partial charge in [0.25, 0.3) is 5.69 Å². The first-order valence-corrected chi connectivity index (χ1v) is 7.57. The van der Waals surface area contributed by atoms with Crippen LogP contribution in [0.25, 0.3) is 31.4 Å². The Balaban J connectivity index is 2.00. The maximum atomic E-state index is 11.2. The number of nitrogens with zero attached hydrogens (tertiary/aromatic N) is 2. The van der Waals surface area contributed by atoms with E-state index in [1.165, 1.54) is 6.07 Å². The van der Waals surface area contributed by atoms with Gasteiger partial charge in [-0.1, -0.05) is 18.2 Å². The SMILES string of the molecule is O=[N+]([O-])c1ccccc1-c1ccc2sc3cccnc3c2c1. The van der Waals surface area contributed by atoms with Crippen molar-refractivity contribution >= 4 is 37.3 Å². The number of hydrogen-bond donors (Lipinski definition) is 0. The van der Waals surface area contributed by atoms with Crippen LogP contribution in [0.4, 0.5) is 5.69 Å². The topological polar surface area (TPSA) is 56.0 Å². The minimum Gasteiger partial charge on any atom is -0.258 e. The van der Waals surface area contributed by atoms with Gasteiger partial charge in [0.1, 0.15) is 0 Å². The first-order valence-electron chi connectivity index (χ1n) is 6.75. The summed E-state index contributed by atoms with van der Waals surface area (Å²) in [5.41, 5.74) is 2.53. The molecule has 0 atom stereocenters. The predicted molar refractivity (Wildman–Crippen MR) is 89.2 cm³/mol. The highest BCUT2D eigenvalue weighted by Crippen LogP contribution is 2.37. The largest absolute Gasteiger partial charge is 0.277 e. The summed E-state index contributed by atoms with van der Waals surface area (Å²) in [5.74, 6) is 0. The fourth-order valence-corrected chi connectivity index (χ4v) is 3.69. The van der Waals surface area contributed by atoms with Gasteiger partial charge in [-0.3, -0.25) is 15.1 Å². The molecular weight excluding hydrogens is 296 g/mol. The molecule has 4 rings (SSSR count). The Bertz CT molecular complexity index is 1020. The molecule has 5 heteroatoms. The highest BCUT2D eigenvalue weighted by atomic mass is 32.1. The Labute approximate surface area is 129 Å². The molecule has 0 amide bonds. The van der Waals surface area contributed by atoms with E-state index in [-0.39, 0.29) is 10.6 Å². The van der Waals surface area contributed by atoms with Gasteiger partial charge in [-0.15, -0.1) is 11.3 Å². The molecule has 0 unspecified atom stereocenters. The van der Waals surface area contributed by atoms with Gasteiger partial charge in [0.15, 0.2) is 0 Å². The van der Waals surface area contributed by atoms with Gasteiger partial charge >= 0.3 is 0 Å². The molecule has 0 aliphatic rings. The second-order valence-corrected chi connectivity index (χ2v) is 6.02. The lowest BCUT2D eigenvalue weighted by molar-refractivity contribution is -0.384. The van der Waals surface area contributed by atoms with Gasteiger partial charge in [-0.05, 0) is 35.9 Å². The van der Waals surface area contributed by atoms with Crippen molar-refractivity contribution in [3.05, 3.63) is 70.9 Å². The number of aromatic nitrogens is 1. The third kappa shape index (κ3) is 1.95. The molecule has 106 valence electrons. The molecule has 0 saturated heterocycles. The number of nitro benzene ring substituents is 1. The van der Waals surface area contributed by atoms with Crippen molar-refractivity contribution in [3.63, 3.8) is 0 Å². The van der Waals surface area contributed by atoms with Crippen molar-refractivity contribution in [2.24, 2.45) is 0 Å². The average Bonchev–Trinajstić information content (AvgIpc) is 2.92. The summed E-state index contributed by atoms with van der Waals surface area (Å²) in [7, 11) is 0.